The van der Waals surface area contributed by atoms with Crippen molar-refractivity contribution in [1.82, 2.24) is 10.3 Å². The van der Waals surface area contributed by atoms with E-state index in [1.807, 2.05) is 0 Å². The Balaban J connectivity index is 0.000000293. The van der Waals surface area contributed by atoms with Crippen LogP contribution < -0.4 is 5.32 Å². The SMILES string of the molecule is CCC.O=C1NCc2ncc(Cl)cc21. The molecule has 0 unspecified atom stereocenters. The summed E-state index contributed by atoms with van der Waals surface area (Å²) in [4.78, 5) is 15.0. The van der Waals surface area contributed by atoms with Gasteiger partial charge in [0.15, 0.2) is 0 Å². The molecular formula is C10H13ClN2O. The fourth-order valence-corrected chi connectivity index (χ4v) is 1.22. The molecule has 0 radical (unpaired) electrons. The van der Waals surface area contributed by atoms with E-state index in [0.717, 1.165) is 5.69 Å². The number of amides is 1. The number of halogens is 1. The van der Waals surface area contributed by atoms with Crippen LogP contribution in [-0.4, -0.2) is 10.9 Å². The van der Waals surface area contributed by atoms with Crippen LogP contribution in [0.3, 0.4) is 0 Å². The normalized spacial score (nSPS) is 12.6. The average molecular weight is 213 g/mol. The molecule has 0 bridgehead atoms. The van der Waals surface area contributed by atoms with Crippen LogP contribution >= 0.6 is 11.6 Å². The molecule has 4 heteroatoms. The van der Waals surface area contributed by atoms with Crippen molar-refractivity contribution in [2.45, 2.75) is 26.8 Å². The van der Waals surface area contributed by atoms with Crippen LogP contribution in [-0.2, 0) is 6.54 Å². The molecule has 14 heavy (non-hydrogen) atoms. The predicted octanol–water partition coefficient (Wildman–Crippen LogP) is 2.39. The zero-order chi connectivity index (χ0) is 10.6. The fourth-order valence-electron chi connectivity index (χ4n) is 1.06. The Morgan fingerprint density at radius 2 is 2.21 bits per heavy atom. The Morgan fingerprint density at radius 1 is 1.57 bits per heavy atom. The van der Waals surface area contributed by atoms with Crippen LogP contribution in [0, 0.1) is 0 Å². The van der Waals surface area contributed by atoms with Crippen molar-refractivity contribution < 1.29 is 4.79 Å². The van der Waals surface area contributed by atoms with E-state index in [1.54, 1.807) is 12.3 Å². The molecule has 0 saturated carbocycles. The zero-order valence-corrected chi connectivity index (χ0v) is 9.06. The van der Waals surface area contributed by atoms with Gasteiger partial charge >= 0.3 is 0 Å². The number of carbonyl (C=O) groups is 1. The molecule has 0 aliphatic carbocycles. The number of rotatable bonds is 0. The first-order valence-corrected chi connectivity index (χ1v) is 4.99. The minimum absolute atomic E-state index is 0.0880. The lowest BCUT2D eigenvalue weighted by molar-refractivity contribution is 0.0966. The van der Waals surface area contributed by atoms with Crippen LogP contribution in [0.2, 0.25) is 5.02 Å². The molecule has 0 spiro atoms. The van der Waals surface area contributed by atoms with Gasteiger partial charge in [0, 0.05) is 6.20 Å². The van der Waals surface area contributed by atoms with E-state index >= 15 is 0 Å². The first-order valence-electron chi connectivity index (χ1n) is 4.61. The van der Waals surface area contributed by atoms with E-state index in [4.69, 9.17) is 11.6 Å². The molecule has 2 rings (SSSR count). The Morgan fingerprint density at radius 3 is 2.86 bits per heavy atom. The van der Waals surface area contributed by atoms with Gasteiger partial charge in [-0.15, -0.1) is 0 Å². The second-order valence-electron chi connectivity index (χ2n) is 3.04. The third-order valence-corrected chi connectivity index (χ3v) is 1.80. The van der Waals surface area contributed by atoms with Crippen LogP contribution in [0.5, 0.6) is 0 Å². The summed E-state index contributed by atoms with van der Waals surface area (Å²) in [5.41, 5.74) is 1.37. The Hall–Kier alpha value is -1.09. The molecule has 1 amide bonds. The lowest BCUT2D eigenvalue weighted by Gasteiger charge is -1.93. The molecule has 0 aromatic carbocycles. The average Bonchev–Trinajstić information content (AvgIpc) is 2.49. The van der Waals surface area contributed by atoms with Crippen molar-refractivity contribution in [3.8, 4) is 0 Å². The monoisotopic (exact) mass is 212 g/mol. The number of nitrogens with zero attached hydrogens (tertiary/aromatic N) is 1. The Labute approximate surface area is 88.5 Å². The highest BCUT2D eigenvalue weighted by atomic mass is 35.5. The summed E-state index contributed by atoms with van der Waals surface area (Å²) in [5, 5.41) is 3.15. The van der Waals surface area contributed by atoms with Gasteiger partial charge in [-0.05, 0) is 6.07 Å². The van der Waals surface area contributed by atoms with E-state index in [2.05, 4.69) is 24.1 Å². The van der Waals surface area contributed by atoms with Gasteiger partial charge in [-0.3, -0.25) is 9.78 Å². The first kappa shape index (κ1) is 11.0. The Bertz CT molecular complexity index is 339. The van der Waals surface area contributed by atoms with E-state index in [0.29, 0.717) is 17.1 Å². The predicted molar refractivity (Wildman–Crippen MR) is 56.4 cm³/mol. The lowest BCUT2D eigenvalue weighted by Crippen LogP contribution is -2.12. The molecule has 0 fully saturated rings. The van der Waals surface area contributed by atoms with E-state index in [9.17, 15) is 4.79 Å². The number of hydrogen-bond acceptors (Lipinski definition) is 2. The molecule has 0 atom stereocenters. The number of hydrogen-bond donors (Lipinski definition) is 1. The van der Waals surface area contributed by atoms with Gasteiger partial charge < -0.3 is 5.32 Å². The van der Waals surface area contributed by atoms with Crippen molar-refractivity contribution in [2.24, 2.45) is 0 Å². The maximum atomic E-state index is 11.0. The molecule has 0 saturated heterocycles. The topological polar surface area (TPSA) is 42.0 Å². The molecule has 1 N–H and O–H groups in total. The van der Waals surface area contributed by atoms with Gasteiger partial charge in [0.05, 0.1) is 22.8 Å². The maximum Gasteiger partial charge on any atom is 0.253 e. The van der Waals surface area contributed by atoms with Gasteiger partial charge in [0.2, 0.25) is 0 Å². The maximum absolute atomic E-state index is 11.0. The van der Waals surface area contributed by atoms with Crippen LogP contribution in [0.1, 0.15) is 36.3 Å². The van der Waals surface area contributed by atoms with Gasteiger partial charge in [0.1, 0.15) is 0 Å². The highest BCUT2D eigenvalue weighted by Gasteiger charge is 2.19. The minimum atomic E-state index is -0.0880. The summed E-state index contributed by atoms with van der Waals surface area (Å²) in [6.07, 6.45) is 2.79. The minimum Gasteiger partial charge on any atom is -0.346 e. The molecule has 3 nitrogen and oxygen atoms in total. The summed E-state index contributed by atoms with van der Waals surface area (Å²) in [6.45, 7) is 4.77. The Kier molecular flexibility index (Phi) is 3.89. The van der Waals surface area contributed by atoms with E-state index in [-0.39, 0.29) is 5.91 Å². The standard InChI is InChI=1S/C7H5ClN2O.C3H8/c8-4-1-5-6(9-2-4)3-10-7(5)11;1-3-2/h1-2H,3H2,(H,10,11);3H2,1-2H3. The van der Waals surface area contributed by atoms with Gasteiger partial charge in [-0.2, -0.15) is 0 Å². The van der Waals surface area contributed by atoms with Crippen molar-refractivity contribution in [1.29, 1.82) is 0 Å². The van der Waals surface area contributed by atoms with Crippen LogP contribution in [0.25, 0.3) is 0 Å². The number of carbonyl (C=O) groups excluding carboxylic acids is 1. The molecular weight excluding hydrogens is 200 g/mol. The first-order chi connectivity index (χ1) is 6.69. The molecule has 1 aliphatic heterocycles. The van der Waals surface area contributed by atoms with Crippen molar-refractivity contribution in [3.63, 3.8) is 0 Å². The summed E-state index contributed by atoms with van der Waals surface area (Å²) in [6, 6.07) is 1.63. The smallest absolute Gasteiger partial charge is 0.253 e. The summed E-state index contributed by atoms with van der Waals surface area (Å²) in [5.74, 6) is -0.0880. The van der Waals surface area contributed by atoms with Gasteiger partial charge in [0.25, 0.3) is 5.91 Å². The van der Waals surface area contributed by atoms with E-state index < -0.39 is 0 Å². The highest BCUT2D eigenvalue weighted by Crippen LogP contribution is 2.16. The van der Waals surface area contributed by atoms with Crippen molar-refractivity contribution in [3.05, 3.63) is 28.5 Å². The van der Waals surface area contributed by atoms with Crippen molar-refractivity contribution in [2.75, 3.05) is 0 Å². The van der Waals surface area contributed by atoms with E-state index in [1.165, 1.54) is 6.42 Å². The number of pyridine rings is 1. The molecule has 76 valence electrons. The summed E-state index contributed by atoms with van der Waals surface area (Å²) >= 11 is 5.65. The quantitative estimate of drug-likeness (QED) is 0.718. The third kappa shape index (κ3) is 2.45. The third-order valence-electron chi connectivity index (χ3n) is 1.60. The fraction of sp³-hybridized carbons (Fsp3) is 0.400. The van der Waals surface area contributed by atoms with Crippen LogP contribution in [0.4, 0.5) is 0 Å². The molecule has 1 aliphatic rings. The van der Waals surface area contributed by atoms with Gasteiger partial charge in [-0.1, -0.05) is 31.9 Å². The zero-order valence-electron chi connectivity index (χ0n) is 8.30. The second-order valence-corrected chi connectivity index (χ2v) is 3.47. The highest BCUT2D eigenvalue weighted by molar-refractivity contribution is 6.30. The van der Waals surface area contributed by atoms with Crippen molar-refractivity contribution >= 4 is 17.5 Å². The molecule has 2 heterocycles. The largest absolute Gasteiger partial charge is 0.346 e. The number of fused-ring (bicyclic) bond motifs is 1. The number of nitrogens with one attached hydrogen (secondary N) is 1. The molecule has 1 aromatic rings. The second kappa shape index (κ2) is 4.96. The summed E-state index contributed by atoms with van der Waals surface area (Å²) < 4.78 is 0. The number of aromatic nitrogens is 1. The van der Waals surface area contributed by atoms with Crippen LogP contribution in [0.15, 0.2) is 12.3 Å². The summed E-state index contributed by atoms with van der Waals surface area (Å²) in [7, 11) is 0. The lowest BCUT2D eigenvalue weighted by atomic mass is 10.2. The van der Waals surface area contributed by atoms with Gasteiger partial charge in [-0.25, -0.2) is 0 Å². The molecule has 1 aromatic heterocycles.